The number of nitrogens with one attached hydrogen (secondary N) is 1. The molecular formula is C11H13F3N2OS. The molecule has 18 heavy (non-hydrogen) atoms. The smallest absolute Gasteiger partial charge is 0.376 e. The van der Waals surface area contributed by atoms with Crippen LogP contribution in [0.5, 0.6) is 0 Å². The van der Waals surface area contributed by atoms with Gasteiger partial charge in [0.25, 0.3) is 0 Å². The fraction of sp³-hybridized carbons (Fsp3) is 0.727. The van der Waals surface area contributed by atoms with E-state index < -0.39 is 11.9 Å². The van der Waals surface area contributed by atoms with Crippen molar-refractivity contribution in [3.8, 4) is 0 Å². The zero-order valence-corrected chi connectivity index (χ0v) is 10.4. The minimum absolute atomic E-state index is 0.102. The Hall–Kier alpha value is -0.820. The average molecular weight is 278 g/mol. The number of anilines is 1. The van der Waals surface area contributed by atoms with Gasteiger partial charge >= 0.3 is 6.18 Å². The van der Waals surface area contributed by atoms with Crippen LogP contribution >= 0.6 is 11.3 Å². The van der Waals surface area contributed by atoms with Crippen LogP contribution < -0.4 is 5.32 Å². The van der Waals surface area contributed by atoms with Gasteiger partial charge in [-0.05, 0) is 25.2 Å². The first kappa shape index (κ1) is 12.2. The van der Waals surface area contributed by atoms with E-state index in [-0.39, 0.29) is 12.1 Å². The standard InChI is InChI=1S/C11H13F3N2OS/c12-11(13,14)8-5-18-10(16-8)15-7-3-4-17-9(7)6-1-2-6/h5-7,9H,1-4H2,(H,15,16)/t7-,9-/m1/s1. The van der Waals surface area contributed by atoms with Crippen molar-refractivity contribution >= 4 is 16.5 Å². The van der Waals surface area contributed by atoms with Crippen LogP contribution in [0.4, 0.5) is 18.3 Å². The Labute approximate surface area is 106 Å². The van der Waals surface area contributed by atoms with E-state index in [9.17, 15) is 13.2 Å². The van der Waals surface area contributed by atoms with E-state index in [1.165, 1.54) is 0 Å². The zero-order chi connectivity index (χ0) is 12.8. The zero-order valence-electron chi connectivity index (χ0n) is 9.54. The molecule has 2 aliphatic rings. The summed E-state index contributed by atoms with van der Waals surface area (Å²) in [7, 11) is 0. The van der Waals surface area contributed by atoms with Gasteiger partial charge in [0, 0.05) is 12.0 Å². The maximum absolute atomic E-state index is 12.4. The molecule has 1 N–H and O–H groups in total. The first-order chi connectivity index (χ1) is 8.54. The summed E-state index contributed by atoms with van der Waals surface area (Å²) in [5.74, 6) is 0.576. The lowest BCUT2D eigenvalue weighted by atomic mass is 10.1. The Morgan fingerprint density at radius 3 is 2.72 bits per heavy atom. The molecule has 1 saturated heterocycles. The minimum Gasteiger partial charge on any atom is -0.376 e. The molecule has 1 aliphatic heterocycles. The van der Waals surface area contributed by atoms with Gasteiger partial charge in [-0.2, -0.15) is 13.2 Å². The Morgan fingerprint density at radius 1 is 1.33 bits per heavy atom. The van der Waals surface area contributed by atoms with Crippen LogP contribution in [-0.4, -0.2) is 23.7 Å². The lowest BCUT2D eigenvalue weighted by Gasteiger charge is -2.18. The molecule has 0 bridgehead atoms. The second kappa shape index (κ2) is 4.38. The summed E-state index contributed by atoms with van der Waals surface area (Å²) in [5.41, 5.74) is -0.822. The van der Waals surface area contributed by atoms with Gasteiger partial charge in [-0.1, -0.05) is 0 Å². The van der Waals surface area contributed by atoms with Crippen molar-refractivity contribution in [2.24, 2.45) is 5.92 Å². The summed E-state index contributed by atoms with van der Waals surface area (Å²) in [6.45, 7) is 0.677. The third-order valence-corrected chi connectivity index (χ3v) is 4.10. The average Bonchev–Trinajstić information content (AvgIpc) is 2.85. The molecule has 7 heteroatoms. The number of hydrogen-bond acceptors (Lipinski definition) is 4. The lowest BCUT2D eigenvalue weighted by molar-refractivity contribution is -0.140. The molecule has 0 unspecified atom stereocenters. The molecular weight excluding hydrogens is 265 g/mol. The number of halogens is 3. The highest BCUT2D eigenvalue weighted by atomic mass is 32.1. The van der Waals surface area contributed by atoms with Crippen LogP contribution in [0.25, 0.3) is 0 Å². The maximum atomic E-state index is 12.4. The van der Waals surface area contributed by atoms with Crippen molar-refractivity contribution in [1.82, 2.24) is 4.98 Å². The highest BCUT2D eigenvalue weighted by Crippen LogP contribution is 2.40. The monoisotopic (exact) mass is 278 g/mol. The first-order valence-electron chi connectivity index (χ1n) is 5.95. The van der Waals surface area contributed by atoms with Crippen LogP contribution in [0.3, 0.4) is 0 Å². The third kappa shape index (κ3) is 2.47. The van der Waals surface area contributed by atoms with Gasteiger partial charge in [-0.15, -0.1) is 11.3 Å². The number of hydrogen-bond donors (Lipinski definition) is 1. The molecule has 2 heterocycles. The highest BCUT2D eigenvalue weighted by molar-refractivity contribution is 7.13. The number of rotatable bonds is 3. The lowest BCUT2D eigenvalue weighted by Crippen LogP contribution is -2.30. The summed E-state index contributed by atoms with van der Waals surface area (Å²) >= 11 is 1.000. The van der Waals surface area contributed by atoms with Crippen LogP contribution in [0.1, 0.15) is 25.0 Å². The molecule has 2 fully saturated rings. The fourth-order valence-electron chi connectivity index (χ4n) is 2.28. The molecule has 0 spiro atoms. The predicted octanol–water partition coefficient (Wildman–Crippen LogP) is 3.14. The second-order valence-electron chi connectivity index (χ2n) is 4.75. The van der Waals surface area contributed by atoms with Crippen molar-refractivity contribution in [2.75, 3.05) is 11.9 Å². The van der Waals surface area contributed by atoms with Crippen molar-refractivity contribution in [2.45, 2.75) is 37.6 Å². The topological polar surface area (TPSA) is 34.1 Å². The van der Waals surface area contributed by atoms with Gasteiger partial charge in [0.05, 0.1) is 12.1 Å². The molecule has 1 saturated carbocycles. The normalized spacial score (nSPS) is 28.6. The molecule has 1 aromatic heterocycles. The molecule has 2 atom stereocenters. The van der Waals surface area contributed by atoms with Crippen molar-refractivity contribution in [1.29, 1.82) is 0 Å². The molecule has 0 radical (unpaired) electrons. The summed E-state index contributed by atoms with van der Waals surface area (Å²) in [6.07, 6.45) is -1.06. The minimum atomic E-state index is -4.36. The van der Waals surface area contributed by atoms with Gasteiger partial charge in [0.1, 0.15) is 0 Å². The Bertz CT molecular complexity index is 430. The summed E-state index contributed by atoms with van der Waals surface area (Å²) in [5, 5.41) is 4.47. The second-order valence-corrected chi connectivity index (χ2v) is 5.61. The van der Waals surface area contributed by atoms with Gasteiger partial charge in [-0.25, -0.2) is 4.98 Å². The highest BCUT2D eigenvalue weighted by Gasteiger charge is 2.41. The van der Waals surface area contributed by atoms with Crippen LogP contribution in [0.2, 0.25) is 0 Å². The largest absolute Gasteiger partial charge is 0.434 e. The van der Waals surface area contributed by atoms with Crippen molar-refractivity contribution in [3.05, 3.63) is 11.1 Å². The molecule has 1 aliphatic carbocycles. The van der Waals surface area contributed by atoms with Crippen molar-refractivity contribution in [3.63, 3.8) is 0 Å². The summed E-state index contributed by atoms with van der Waals surface area (Å²) in [6, 6.07) is 0.102. The van der Waals surface area contributed by atoms with Crippen molar-refractivity contribution < 1.29 is 17.9 Å². The van der Waals surface area contributed by atoms with Crippen LogP contribution in [-0.2, 0) is 10.9 Å². The van der Waals surface area contributed by atoms with Crippen LogP contribution in [0, 0.1) is 5.92 Å². The number of aromatic nitrogens is 1. The van der Waals surface area contributed by atoms with E-state index in [0.717, 1.165) is 36.0 Å². The molecule has 0 amide bonds. The maximum Gasteiger partial charge on any atom is 0.434 e. The molecule has 0 aromatic carbocycles. The van der Waals surface area contributed by atoms with Crippen LogP contribution in [0.15, 0.2) is 5.38 Å². The summed E-state index contributed by atoms with van der Waals surface area (Å²) < 4.78 is 42.9. The number of alkyl halides is 3. The van der Waals surface area contributed by atoms with E-state index in [1.807, 2.05) is 0 Å². The number of thiazole rings is 1. The first-order valence-corrected chi connectivity index (χ1v) is 6.83. The number of ether oxygens (including phenoxy) is 1. The molecule has 3 rings (SSSR count). The fourth-order valence-corrected chi connectivity index (χ4v) is 3.06. The summed E-state index contributed by atoms with van der Waals surface area (Å²) in [4.78, 5) is 3.59. The van der Waals surface area contributed by atoms with Gasteiger partial charge in [0.15, 0.2) is 10.8 Å². The van der Waals surface area contributed by atoms with E-state index in [1.54, 1.807) is 0 Å². The Kier molecular flexibility index (Phi) is 2.97. The third-order valence-electron chi connectivity index (χ3n) is 3.33. The quantitative estimate of drug-likeness (QED) is 0.922. The SMILES string of the molecule is FC(F)(F)c1csc(N[C@@H]2CCO[C@@H]2C2CC2)n1. The molecule has 100 valence electrons. The Morgan fingerprint density at radius 2 is 2.11 bits per heavy atom. The predicted molar refractivity (Wildman–Crippen MR) is 61.6 cm³/mol. The van der Waals surface area contributed by atoms with E-state index in [4.69, 9.17) is 4.74 Å². The van der Waals surface area contributed by atoms with E-state index in [2.05, 4.69) is 10.3 Å². The molecule has 1 aromatic rings. The van der Waals surface area contributed by atoms with E-state index >= 15 is 0 Å². The Balaban J connectivity index is 1.67. The molecule has 3 nitrogen and oxygen atoms in total. The van der Waals surface area contributed by atoms with Gasteiger partial charge in [0.2, 0.25) is 0 Å². The van der Waals surface area contributed by atoms with Gasteiger partial charge in [-0.3, -0.25) is 0 Å². The van der Waals surface area contributed by atoms with Gasteiger partial charge < -0.3 is 10.1 Å². The number of nitrogens with zero attached hydrogens (tertiary/aromatic N) is 1. The van der Waals surface area contributed by atoms with E-state index in [0.29, 0.717) is 17.7 Å².